The van der Waals surface area contributed by atoms with Crippen LogP contribution in [0.25, 0.3) is 0 Å². The molecule has 116 valence electrons. The third-order valence-electron chi connectivity index (χ3n) is 3.98. The van der Waals surface area contributed by atoms with E-state index >= 15 is 0 Å². The van der Waals surface area contributed by atoms with Gasteiger partial charge in [0.25, 0.3) is 0 Å². The maximum absolute atomic E-state index is 12.0. The van der Waals surface area contributed by atoms with Gasteiger partial charge in [0, 0.05) is 38.0 Å². The second-order valence-corrected chi connectivity index (χ2v) is 5.54. The van der Waals surface area contributed by atoms with E-state index in [4.69, 9.17) is 0 Å². The highest BCUT2D eigenvalue weighted by molar-refractivity contribution is 5.79. The molecule has 20 heavy (non-hydrogen) atoms. The van der Waals surface area contributed by atoms with Gasteiger partial charge in [0.1, 0.15) is 0 Å². The van der Waals surface area contributed by atoms with Crippen LogP contribution in [0.1, 0.15) is 46.5 Å². The van der Waals surface area contributed by atoms with Crippen molar-refractivity contribution in [2.75, 3.05) is 26.2 Å². The van der Waals surface area contributed by atoms with E-state index in [1.807, 2.05) is 18.7 Å². The fourth-order valence-corrected chi connectivity index (χ4v) is 2.70. The lowest BCUT2D eigenvalue weighted by Crippen LogP contribution is -2.42. The van der Waals surface area contributed by atoms with Crippen molar-refractivity contribution in [3.8, 4) is 0 Å². The first-order valence-electron chi connectivity index (χ1n) is 7.87. The topological polar surface area (TPSA) is 61.4 Å². The van der Waals surface area contributed by atoms with Crippen LogP contribution in [0.5, 0.6) is 0 Å². The van der Waals surface area contributed by atoms with Gasteiger partial charge in [-0.25, -0.2) is 0 Å². The number of carbonyl (C=O) groups excluding carboxylic acids is 2. The summed E-state index contributed by atoms with van der Waals surface area (Å²) in [4.78, 5) is 25.6. The number of piperidine rings is 1. The van der Waals surface area contributed by atoms with Crippen molar-refractivity contribution in [2.24, 2.45) is 5.92 Å². The Balaban J connectivity index is 2.17. The molecular weight excluding hydrogens is 254 g/mol. The molecule has 0 bridgehead atoms. The van der Waals surface area contributed by atoms with Crippen LogP contribution in [0.4, 0.5) is 0 Å². The lowest BCUT2D eigenvalue weighted by molar-refractivity contribution is -0.131. The number of hydrogen-bond donors (Lipinski definition) is 2. The van der Waals surface area contributed by atoms with Gasteiger partial charge in [-0.1, -0.05) is 0 Å². The van der Waals surface area contributed by atoms with E-state index in [1.165, 1.54) is 0 Å². The molecule has 0 aromatic rings. The third kappa shape index (κ3) is 5.49. The molecule has 1 heterocycles. The van der Waals surface area contributed by atoms with Crippen LogP contribution in [0.3, 0.4) is 0 Å². The predicted molar refractivity (Wildman–Crippen MR) is 80.4 cm³/mol. The zero-order valence-corrected chi connectivity index (χ0v) is 13.1. The molecule has 0 unspecified atom stereocenters. The summed E-state index contributed by atoms with van der Waals surface area (Å²) in [5, 5.41) is 6.31. The van der Waals surface area contributed by atoms with Crippen molar-refractivity contribution >= 4 is 11.8 Å². The number of rotatable bonds is 7. The number of hydrogen-bond acceptors (Lipinski definition) is 3. The van der Waals surface area contributed by atoms with Gasteiger partial charge >= 0.3 is 0 Å². The average molecular weight is 283 g/mol. The Labute approximate surface area is 122 Å². The molecule has 1 rings (SSSR count). The highest BCUT2D eigenvalue weighted by Gasteiger charge is 2.24. The van der Waals surface area contributed by atoms with E-state index in [-0.39, 0.29) is 17.7 Å². The van der Waals surface area contributed by atoms with Crippen LogP contribution in [-0.4, -0.2) is 48.9 Å². The Morgan fingerprint density at radius 2 is 2.00 bits per heavy atom. The van der Waals surface area contributed by atoms with E-state index in [2.05, 4.69) is 17.6 Å². The predicted octanol–water partition coefficient (Wildman–Crippen LogP) is 1.14. The van der Waals surface area contributed by atoms with Crippen LogP contribution < -0.4 is 10.6 Å². The van der Waals surface area contributed by atoms with Crippen molar-refractivity contribution in [3.05, 3.63) is 0 Å². The van der Waals surface area contributed by atoms with Crippen LogP contribution in [0, 0.1) is 5.92 Å². The van der Waals surface area contributed by atoms with E-state index in [0.29, 0.717) is 19.0 Å². The Bertz CT molecular complexity index is 316. The summed E-state index contributed by atoms with van der Waals surface area (Å²) in [6.07, 6.45) is 3.06. The maximum Gasteiger partial charge on any atom is 0.223 e. The molecule has 1 fully saturated rings. The second-order valence-electron chi connectivity index (χ2n) is 5.54. The fraction of sp³-hybridized carbons (Fsp3) is 0.867. The number of nitrogens with one attached hydrogen (secondary N) is 2. The van der Waals surface area contributed by atoms with Gasteiger partial charge in [-0.3, -0.25) is 9.59 Å². The second kappa shape index (κ2) is 8.95. The standard InChI is InChI=1S/C15H29N3O2/c1-4-18(5-2)14(19)7-6-9-17-15(20)13-8-10-16-12(3)11-13/h12-13,16H,4-11H2,1-3H3,(H,17,20)/t12-,13-/m0/s1. The van der Waals surface area contributed by atoms with Gasteiger partial charge in [0.2, 0.25) is 11.8 Å². The lowest BCUT2D eigenvalue weighted by Gasteiger charge is -2.27. The van der Waals surface area contributed by atoms with E-state index in [1.54, 1.807) is 0 Å². The smallest absolute Gasteiger partial charge is 0.223 e. The first kappa shape index (κ1) is 17.0. The molecule has 5 heteroatoms. The van der Waals surface area contributed by atoms with Gasteiger partial charge in [0.05, 0.1) is 0 Å². The minimum atomic E-state index is 0.129. The molecule has 5 nitrogen and oxygen atoms in total. The highest BCUT2D eigenvalue weighted by atomic mass is 16.2. The van der Waals surface area contributed by atoms with Crippen molar-refractivity contribution in [3.63, 3.8) is 0 Å². The summed E-state index contributed by atoms with van der Waals surface area (Å²) in [6, 6.07) is 0.420. The average Bonchev–Trinajstić information content (AvgIpc) is 2.44. The molecule has 1 aliphatic heterocycles. The zero-order valence-electron chi connectivity index (χ0n) is 13.1. The fourth-order valence-electron chi connectivity index (χ4n) is 2.70. The molecule has 2 atom stereocenters. The zero-order chi connectivity index (χ0) is 15.0. The molecule has 2 amide bonds. The van der Waals surface area contributed by atoms with Crippen molar-refractivity contribution < 1.29 is 9.59 Å². The summed E-state index contributed by atoms with van der Waals surface area (Å²) in [5.41, 5.74) is 0. The highest BCUT2D eigenvalue weighted by Crippen LogP contribution is 2.15. The van der Waals surface area contributed by atoms with Crippen LogP contribution in [-0.2, 0) is 9.59 Å². The monoisotopic (exact) mass is 283 g/mol. The van der Waals surface area contributed by atoms with Gasteiger partial charge in [-0.15, -0.1) is 0 Å². The summed E-state index contributed by atoms with van der Waals surface area (Å²) >= 11 is 0. The van der Waals surface area contributed by atoms with E-state index in [0.717, 1.165) is 38.9 Å². The molecule has 1 saturated heterocycles. The summed E-state index contributed by atoms with van der Waals surface area (Å²) in [7, 11) is 0. The normalized spacial score (nSPS) is 22.4. The van der Waals surface area contributed by atoms with E-state index in [9.17, 15) is 9.59 Å². The van der Waals surface area contributed by atoms with Gasteiger partial charge in [0.15, 0.2) is 0 Å². The van der Waals surface area contributed by atoms with Crippen molar-refractivity contribution in [1.29, 1.82) is 0 Å². The molecule has 0 aromatic heterocycles. The molecule has 0 radical (unpaired) electrons. The minimum Gasteiger partial charge on any atom is -0.356 e. The summed E-state index contributed by atoms with van der Waals surface area (Å²) < 4.78 is 0. The van der Waals surface area contributed by atoms with Gasteiger partial charge in [-0.05, 0) is 46.6 Å². The first-order chi connectivity index (χ1) is 9.58. The SMILES string of the molecule is CCN(CC)C(=O)CCCNC(=O)[C@H]1CCN[C@@H](C)C1. The molecule has 0 spiro atoms. The van der Waals surface area contributed by atoms with Crippen LogP contribution >= 0.6 is 0 Å². The molecule has 0 saturated carbocycles. The quantitative estimate of drug-likeness (QED) is 0.689. The van der Waals surface area contributed by atoms with Crippen LogP contribution in [0.15, 0.2) is 0 Å². The van der Waals surface area contributed by atoms with Gasteiger partial charge in [-0.2, -0.15) is 0 Å². The Kier molecular flexibility index (Phi) is 7.59. The molecule has 0 aliphatic carbocycles. The maximum atomic E-state index is 12.0. The van der Waals surface area contributed by atoms with Gasteiger partial charge < -0.3 is 15.5 Å². The Morgan fingerprint density at radius 3 is 2.60 bits per heavy atom. The van der Waals surface area contributed by atoms with E-state index < -0.39 is 0 Å². The number of nitrogens with zero attached hydrogens (tertiary/aromatic N) is 1. The molecule has 0 aromatic carbocycles. The molecule has 1 aliphatic rings. The van der Waals surface area contributed by atoms with Crippen molar-refractivity contribution in [2.45, 2.75) is 52.5 Å². The first-order valence-corrected chi connectivity index (χ1v) is 7.87. The van der Waals surface area contributed by atoms with Crippen LogP contribution in [0.2, 0.25) is 0 Å². The number of carbonyl (C=O) groups is 2. The lowest BCUT2D eigenvalue weighted by atomic mass is 9.92. The number of amides is 2. The molecular formula is C15H29N3O2. The Hall–Kier alpha value is -1.10. The largest absolute Gasteiger partial charge is 0.356 e. The summed E-state index contributed by atoms with van der Waals surface area (Å²) in [6.45, 7) is 9.12. The third-order valence-corrected chi connectivity index (χ3v) is 3.98. The van der Waals surface area contributed by atoms with Crippen molar-refractivity contribution in [1.82, 2.24) is 15.5 Å². The minimum absolute atomic E-state index is 0.129. The summed E-state index contributed by atoms with van der Waals surface area (Å²) in [5.74, 6) is 0.457. The Morgan fingerprint density at radius 1 is 1.30 bits per heavy atom. The molecule has 2 N–H and O–H groups in total.